The number of nitro groups is 1. The fourth-order valence-corrected chi connectivity index (χ4v) is 1.83. The highest BCUT2D eigenvalue weighted by Gasteiger charge is 2.19. The molecule has 2 rings (SSSR count). The van der Waals surface area contributed by atoms with Crippen LogP contribution >= 0.6 is 0 Å². The predicted molar refractivity (Wildman–Crippen MR) is 78.5 cm³/mol. The van der Waals surface area contributed by atoms with E-state index in [-0.39, 0.29) is 23.6 Å². The Labute approximate surface area is 126 Å². The summed E-state index contributed by atoms with van der Waals surface area (Å²) >= 11 is 0. The van der Waals surface area contributed by atoms with Crippen LogP contribution in [0, 0.1) is 17.0 Å². The maximum absolute atomic E-state index is 11.4. The van der Waals surface area contributed by atoms with Crippen LogP contribution in [0.3, 0.4) is 0 Å². The largest absolute Gasteiger partial charge is 0.465 e. The van der Waals surface area contributed by atoms with Gasteiger partial charge in [-0.2, -0.15) is 0 Å². The van der Waals surface area contributed by atoms with Gasteiger partial charge in [0, 0.05) is 18.0 Å². The van der Waals surface area contributed by atoms with Crippen LogP contribution in [0.2, 0.25) is 0 Å². The van der Waals surface area contributed by atoms with Gasteiger partial charge in [-0.3, -0.25) is 15.1 Å². The van der Waals surface area contributed by atoms with E-state index in [1.165, 1.54) is 13.3 Å². The number of esters is 1. The molecule has 0 aromatic carbocycles. The molecule has 0 atom stereocenters. The van der Waals surface area contributed by atoms with Gasteiger partial charge in [0.2, 0.25) is 5.82 Å². The quantitative estimate of drug-likeness (QED) is 0.512. The van der Waals surface area contributed by atoms with Gasteiger partial charge in [-0.05, 0) is 19.1 Å². The molecule has 2 aromatic rings. The summed E-state index contributed by atoms with van der Waals surface area (Å²) in [5.41, 5.74) is 1.31. The van der Waals surface area contributed by atoms with Crippen LogP contribution in [-0.2, 0) is 11.3 Å². The lowest BCUT2D eigenvalue weighted by Crippen LogP contribution is -2.09. The molecule has 0 aliphatic carbocycles. The van der Waals surface area contributed by atoms with Crippen LogP contribution in [0.25, 0.3) is 0 Å². The first kappa shape index (κ1) is 15.4. The number of hydrogen-bond donors (Lipinski definition) is 1. The zero-order valence-corrected chi connectivity index (χ0v) is 12.1. The Kier molecular flexibility index (Phi) is 4.62. The van der Waals surface area contributed by atoms with Crippen molar-refractivity contribution >= 4 is 17.5 Å². The zero-order chi connectivity index (χ0) is 16.1. The molecule has 0 fully saturated rings. The van der Waals surface area contributed by atoms with Gasteiger partial charge in [-0.25, -0.2) is 9.78 Å². The second-order valence-electron chi connectivity index (χ2n) is 4.46. The molecule has 0 aliphatic rings. The molecular formula is C14H14N4O4. The molecule has 0 aliphatic heterocycles. The average Bonchev–Trinajstić information content (AvgIpc) is 2.52. The molecule has 0 saturated heterocycles. The number of aromatic nitrogens is 2. The number of carbonyl (C=O) groups is 1. The maximum atomic E-state index is 11.4. The molecule has 0 unspecified atom stereocenters. The van der Waals surface area contributed by atoms with E-state index in [1.54, 1.807) is 6.07 Å². The third kappa shape index (κ3) is 3.54. The van der Waals surface area contributed by atoms with Crippen molar-refractivity contribution in [3.8, 4) is 0 Å². The highest BCUT2D eigenvalue weighted by molar-refractivity contribution is 5.90. The number of aryl methyl sites for hydroxylation is 1. The molecule has 8 heteroatoms. The summed E-state index contributed by atoms with van der Waals surface area (Å²) in [5, 5.41) is 14.0. The number of nitrogens with zero attached hydrogens (tertiary/aromatic N) is 3. The van der Waals surface area contributed by atoms with Crippen LogP contribution in [0.4, 0.5) is 11.5 Å². The number of nitrogens with one attached hydrogen (secondary N) is 1. The highest BCUT2D eigenvalue weighted by atomic mass is 16.6. The second-order valence-corrected chi connectivity index (χ2v) is 4.46. The lowest BCUT2D eigenvalue weighted by molar-refractivity contribution is -0.384. The van der Waals surface area contributed by atoms with Crippen molar-refractivity contribution in [2.24, 2.45) is 0 Å². The highest BCUT2D eigenvalue weighted by Crippen LogP contribution is 2.23. The summed E-state index contributed by atoms with van der Waals surface area (Å²) in [4.78, 5) is 30.1. The molecular weight excluding hydrogens is 288 g/mol. The number of anilines is 1. The van der Waals surface area contributed by atoms with E-state index in [0.29, 0.717) is 0 Å². The summed E-state index contributed by atoms with van der Waals surface area (Å²) in [7, 11) is 1.20. The molecule has 8 nitrogen and oxygen atoms in total. The van der Waals surface area contributed by atoms with Crippen molar-refractivity contribution in [1.82, 2.24) is 9.97 Å². The van der Waals surface area contributed by atoms with E-state index in [1.807, 2.05) is 19.1 Å². The van der Waals surface area contributed by atoms with Gasteiger partial charge in [0.1, 0.15) is 0 Å². The zero-order valence-electron chi connectivity index (χ0n) is 12.1. The van der Waals surface area contributed by atoms with Crippen molar-refractivity contribution < 1.29 is 14.5 Å². The molecule has 0 radical (unpaired) electrons. The first-order valence-corrected chi connectivity index (χ1v) is 6.40. The molecule has 2 heterocycles. The van der Waals surface area contributed by atoms with Crippen molar-refractivity contribution in [2.75, 3.05) is 12.4 Å². The van der Waals surface area contributed by atoms with Crippen LogP contribution in [-0.4, -0.2) is 28.0 Å². The summed E-state index contributed by atoms with van der Waals surface area (Å²) in [5.74, 6) is -0.608. The average molecular weight is 302 g/mol. The number of carbonyl (C=O) groups excluding carboxylic acids is 1. The van der Waals surface area contributed by atoms with Gasteiger partial charge >= 0.3 is 11.7 Å². The topological polar surface area (TPSA) is 107 Å². The van der Waals surface area contributed by atoms with Gasteiger partial charge in [0.05, 0.1) is 29.8 Å². The summed E-state index contributed by atoms with van der Waals surface area (Å²) in [6, 6.07) is 6.64. The molecule has 114 valence electrons. The Morgan fingerprint density at radius 1 is 1.45 bits per heavy atom. The van der Waals surface area contributed by atoms with Crippen LogP contribution < -0.4 is 5.32 Å². The molecule has 0 saturated carbocycles. The predicted octanol–water partition coefficient (Wildman–Crippen LogP) is 2.09. The van der Waals surface area contributed by atoms with E-state index in [0.717, 1.165) is 17.5 Å². The number of rotatable bonds is 5. The minimum absolute atomic E-state index is 0.0217. The lowest BCUT2D eigenvalue weighted by atomic mass is 10.2. The lowest BCUT2D eigenvalue weighted by Gasteiger charge is -2.07. The van der Waals surface area contributed by atoms with Gasteiger partial charge in [-0.1, -0.05) is 6.07 Å². The van der Waals surface area contributed by atoms with Gasteiger partial charge in [0.25, 0.3) is 0 Å². The standard InChI is InChI=1S/C14H14N4O4/c1-9-4-3-5-11(17-9)8-16-13-12(18(20)21)6-10(7-15-13)14(19)22-2/h3-7H,8H2,1-2H3,(H,15,16). The molecule has 1 N–H and O–H groups in total. The first-order valence-electron chi connectivity index (χ1n) is 6.40. The third-order valence-electron chi connectivity index (χ3n) is 2.87. The van der Waals surface area contributed by atoms with Gasteiger partial charge < -0.3 is 10.1 Å². The second kappa shape index (κ2) is 6.61. The number of methoxy groups -OCH3 is 1. The van der Waals surface area contributed by atoms with Gasteiger partial charge in [0.15, 0.2) is 0 Å². The Hall–Kier alpha value is -3.03. The van der Waals surface area contributed by atoms with E-state index < -0.39 is 10.9 Å². The van der Waals surface area contributed by atoms with Crippen LogP contribution in [0.15, 0.2) is 30.5 Å². The minimum Gasteiger partial charge on any atom is -0.465 e. The van der Waals surface area contributed by atoms with E-state index in [2.05, 4.69) is 20.0 Å². The van der Waals surface area contributed by atoms with Gasteiger partial charge in [-0.15, -0.1) is 0 Å². The van der Waals surface area contributed by atoms with Crippen molar-refractivity contribution in [3.63, 3.8) is 0 Å². The van der Waals surface area contributed by atoms with Crippen molar-refractivity contribution in [1.29, 1.82) is 0 Å². The summed E-state index contributed by atoms with van der Waals surface area (Å²) in [6.07, 6.45) is 1.23. The first-order chi connectivity index (χ1) is 10.5. The molecule has 2 aromatic heterocycles. The van der Waals surface area contributed by atoms with Crippen molar-refractivity contribution in [3.05, 3.63) is 57.5 Å². The van der Waals surface area contributed by atoms with E-state index in [4.69, 9.17) is 0 Å². The fraction of sp³-hybridized carbons (Fsp3) is 0.214. The molecule has 0 spiro atoms. The number of ether oxygens (including phenoxy) is 1. The summed E-state index contributed by atoms with van der Waals surface area (Å²) in [6.45, 7) is 2.14. The monoisotopic (exact) mass is 302 g/mol. The van der Waals surface area contributed by atoms with Crippen molar-refractivity contribution in [2.45, 2.75) is 13.5 Å². The maximum Gasteiger partial charge on any atom is 0.339 e. The number of hydrogen-bond acceptors (Lipinski definition) is 7. The smallest absolute Gasteiger partial charge is 0.339 e. The van der Waals surface area contributed by atoms with Crippen LogP contribution in [0.5, 0.6) is 0 Å². The molecule has 0 amide bonds. The molecule has 22 heavy (non-hydrogen) atoms. The van der Waals surface area contributed by atoms with E-state index >= 15 is 0 Å². The SMILES string of the molecule is COC(=O)c1cnc(NCc2cccc(C)n2)c([N+](=O)[O-])c1. The Morgan fingerprint density at radius 3 is 2.86 bits per heavy atom. The number of pyridine rings is 2. The summed E-state index contributed by atoms with van der Waals surface area (Å²) < 4.78 is 4.52. The van der Waals surface area contributed by atoms with E-state index in [9.17, 15) is 14.9 Å². The molecule has 0 bridgehead atoms. The minimum atomic E-state index is -0.678. The van der Waals surface area contributed by atoms with Crippen LogP contribution in [0.1, 0.15) is 21.7 Å². The third-order valence-corrected chi connectivity index (χ3v) is 2.87. The normalized spacial score (nSPS) is 10.1. The Balaban J connectivity index is 2.23. The Bertz CT molecular complexity index is 718. The Morgan fingerprint density at radius 2 is 2.23 bits per heavy atom. The fourth-order valence-electron chi connectivity index (χ4n) is 1.83.